The summed E-state index contributed by atoms with van der Waals surface area (Å²) in [4.78, 5) is 0. The van der Waals surface area contributed by atoms with Crippen molar-refractivity contribution in [2.75, 3.05) is 0 Å². The van der Waals surface area contributed by atoms with Crippen LogP contribution in [0.2, 0.25) is 0 Å². The van der Waals surface area contributed by atoms with E-state index >= 15 is 0 Å². The highest BCUT2D eigenvalue weighted by Crippen LogP contribution is 2.44. The molecule has 0 spiro atoms. The van der Waals surface area contributed by atoms with Crippen LogP contribution in [0.15, 0.2) is 231 Å². The fraction of sp³-hybridized carbons (Fsp3) is 0.0323. The Morgan fingerprint density at radius 1 is 0.234 bits per heavy atom. The maximum absolute atomic E-state index is 2.44. The van der Waals surface area contributed by atoms with Gasteiger partial charge in [0.1, 0.15) is 0 Å². The molecule has 10 aromatic carbocycles. The highest BCUT2D eigenvalue weighted by atomic mass is 15.0. The Morgan fingerprint density at radius 2 is 0.609 bits per heavy atom. The molecule has 0 atom stereocenters. The SMILES string of the molecule is Cc1ccccc1-c1ccc2c(c1)c1ccccc1n2-c1ccc(-c2ccc(-n3c4ccccc4c4cc(-c5ccccc5C)ccc43)cc2-c2ccccc2)c(-c2ccccc2)c1. The lowest BCUT2D eigenvalue weighted by Gasteiger charge is -2.19. The quantitative estimate of drug-likeness (QED) is 0.152. The van der Waals surface area contributed by atoms with Crippen molar-refractivity contribution in [1.82, 2.24) is 9.13 Å². The summed E-state index contributed by atoms with van der Waals surface area (Å²) >= 11 is 0. The summed E-state index contributed by atoms with van der Waals surface area (Å²) in [6.45, 7) is 4.39. The second-order valence-electron chi connectivity index (χ2n) is 17.0. The van der Waals surface area contributed by atoms with Gasteiger partial charge in [0, 0.05) is 32.9 Å². The molecule has 2 aromatic heterocycles. The molecular weight excluding hydrogens is 773 g/mol. The Morgan fingerprint density at radius 3 is 1.05 bits per heavy atom. The fourth-order valence-corrected chi connectivity index (χ4v) is 10.2. The minimum absolute atomic E-state index is 1.13. The molecule has 12 aromatic rings. The van der Waals surface area contributed by atoms with Gasteiger partial charge in [-0.2, -0.15) is 0 Å². The van der Waals surface area contributed by atoms with Crippen molar-refractivity contribution in [3.05, 3.63) is 242 Å². The number of fused-ring (bicyclic) bond motifs is 6. The van der Waals surface area contributed by atoms with Crippen LogP contribution in [0, 0.1) is 13.8 Å². The molecule has 2 heterocycles. The molecule has 0 aliphatic carbocycles. The molecule has 0 aliphatic rings. The first-order valence-electron chi connectivity index (χ1n) is 22.2. The van der Waals surface area contributed by atoms with Crippen LogP contribution in [0.5, 0.6) is 0 Å². The number of nitrogens with zero attached hydrogens (tertiary/aromatic N) is 2. The molecule has 2 heteroatoms. The predicted molar refractivity (Wildman–Crippen MR) is 272 cm³/mol. The van der Waals surface area contributed by atoms with Gasteiger partial charge in [-0.15, -0.1) is 0 Å². The molecule has 0 unspecified atom stereocenters. The van der Waals surface area contributed by atoms with Gasteiger partial charge in [0.25, 0.3) is 0 Å². The molecule has 0 saturated heterocycles. The molecule has 0 N–H and O–H groups in total. The summed E-state index contributed by atoms with van der Waals surface area (Å²) < 4.78 is 4.88. The van der Waals surface area contributed by atoms with E-state index in [1.165, 1.54) is 110 Å². The van der Waals surface area contributed by atoms with Gasteiger partial charge in [-0.05, 0) is 141 Å². The molecule has 0 radical (unpaired) electrons. The lowest BCUT2D eigenvalue weighted by atomic mass is 9.88. The number of aromatic nitrogens is 2. The van der Waals surface area contributed by atoms with Crippen LogP contribution in [-0.4, -0.2) is 9.13 Å². The standard InChI is InChI=1S/C62H44N2/c1-41-17-9-11-23-49(41)45-29-35-61-57(37-45)53-25-13-15-27-59(53)63(61)47-31-33-51(55(39-47)43-19-5-3-6-20-43)52-34-32-48(40-56(52)44-21-7-4-8-22-44)64-60-28-16-14-26-54(60)58-38-46(30-36-62(58)64)50-24-12-10-18-42(50)2/h3-40H,1-2H3. The van der Waals surface area contributed by atoms with Crippen molar-refractivity contribution < 1.29 is 0 Å². The van der Waals surface area contributed by atoms with Crippen molar-refractivity contribution in [2.45, 2.75) is 13.8 Å². The van der Waals surface area contributed by atoms with Gasteiger partial charge in [-0.25, -0.2) is 0 Å². The van der Waals surface area contributed by atoms with Crippen LogP contribution >= 0.6 is 0 Å². The van der Waals surface area contributed by atoms with E-state index in [0.717, 1.165) is 11.4 Å². The van der Waals surface area contributed by atoms with Crippen molar-refractivity contribution in [3.63, 3.8) is 0 Å². The minimum atomic E-state index is 1.13. The zero-order valence-corrected chi connectivity index (χ0v) is 35.8. The Balaban J connectivity index is 1.06. The average Bonchev–Trinajstić information content (AvgIpc) is 3.87. The molecule has 2 nitrogen and oxygen atoms in total. The van der Waals surface area contributed by atoms with E-state index in [2.05, 4.69) is 254 Å². The van der Waals surface area contributed by atoms with Crippen LogP contribution in [0.25, 0.3) is 111 Å². The monoisotopic (exact) mass is 816 g/mol. The molecule has 302 valence electrons. The van der Waals surface area contributed by atoms with Gasteiger partial charge in [0.2, 0.25) is 0 Å². The van der Waals surface area contributed by atoms with Crippen molar-refractivity contribution in [3.8, 4) is 67.0 Å². The lowest BCUT2D eigenvalue weighted by Crippen LogP contribution is -1.98. The molecule has 12 rings (SSSR count). The van der Waals surface area contributed by atoms with Crippen LogP contribution < -0.4 is 0 Å². The molecule has 0 bridgehead atoms. The van der Waals surface area contributed by atoms with Crippen LogP contribution in [0.4, 0.5) is 0 Å². The zero-order chi connectivity index (χ0) is 42.7. The van der Waals surface area contributed by atoms with Gasteiger partial charge >= 0.3 is 0 Å². The van der Waals surface area contributed by atoms with E-state index in [1.807, 2.05) is 0 Å². The third kappa shape index (κ3) is 6.18. The number of benzene rings is 10. The Bertz CT molecular complexity index is 3490. The van der Waals surface area contributed by atoms with E-state index in [1.54, 1.807) is 0 Å². The number of para-hydroxylation sites is 2. The van der Waals surface area contributed by atoms with E-state index in [9.17, 15) is 0 Å². The van der Waals surface area contributed by atoms with Gasteiger partial charge in [-0.3, -0.25) is 0 Å². The van der Waals surface area contributed by atoms with Crippen LogP contribution in [-0.2, 0) is 0 Å². The first-order chi connectivity index (χ1) is 31.6. The highest BCUT2D eigenvalue weighted by molar-refractivity contribution is 6.12. The summed E-state index contributed by atoms with van der Waals surface area (Å²) in [7, 11) is 0. The fourth-order valence-electron chi connectivity index (χ4n) is 10.2. The summed E-state index contributed by atoms with van der Waals surface area (Å²) in [6.07, 6.45) is 0. The average molecular weight is 817 g/mol. The Kier molecular flexibility index (Phi) is 8.98. The first-order valence-corrected chi connectivity index (χ1v) is 22.2. The van der Waals surface area contributed by atoms with E-state index in [4.69, 9.17) is 0 Å². The molecule has 0 fully saturated rings. The molecule has 0 saturated carbocycles. The largest absolute Gasteiger partial charge is 0.309 e. The second kappa shape index (κ2) is 15.3. The van der Waals surface area contributed by atoms with Gasteiger partial charge in [0.05, 0.1) is 22.1 Å². The Labute approximate surface area is 373 Å². The highest BCUT2D eigenvalue weighted by Gasteiger charge is 2.20. The van der Waals surface area contributed by atoms with E-state index in [-0.39, 0.29) is 0 Å². The topological polar surface area (TPSA) is 9.86 Å². The van der Waals surface area contributed by atoms with Crippen LogP contribution in [0.3, 0.4) is 0 Å². The maximum atomic E-state index is 2.44. The normalized spacial score (nSPS) is 11.6. The first kappa shape index (κ1) is 37.6. The Hall–Kier alpha value is -8.20. The smallest absolute Gasteiger partial charge is 0.0541 e. The van der Waals surface area contributed by atoms with Gasteiger partial charge in [-0.1, -0.05) is 170 Å². The predicted octanol–water partition coefficient (Wildman–Crippen LogP) is 16.8. The van der Waals surface area contributed by atoms with Crippen molar-refractivity contribution in [2.24, 2.45) is 0 Å². The summed E-state index contributed by atoms with van der Waals surface area (Å²) in [5, 5.41) is 4.99. The number of hydrogen-bond acceptors (Lipinski definition) is 0. The third-order valence-electron chi connectivity index (χ3n) is 13.2. The lowest BCUT2D eigenvalue weighted by molar-refractivity contribution is 1.18. The maximum Gasteiger partial charge on any atom is 0.0541 e. The van der Waals surface area contributed by atoms with Crippen LogP contribution in [0.1, 0.15) is 11.1 Å². The number of rotatable bonds is 7. The summed E-state index contributed by atoms with van der Waals surface area (Å²) in [5.74, 6) is 0. The molecular formula is C62H44N2. The third-order valence-corrected chi connectivity index (χ3v) is 13.2. The summed E-state index contributed by atoms with van der Waals surface area (Å²) in [6, 6.07) is 84.7. The van der Waals surface area contributed by atoms with Crippen molar-refractivity contribution in [1.29, 1.82) is 0 Å². The molecule has 0 amide bonds. The molecule has 64 heavy (non-hydrogen) atoms. The van der Waals surface area contributed by atoms with E-state index < -0.39 is 0 Å². The van der Waals surface area contributed by atoms with Gasteiger partial charge in [0.15, 0.2) is 0 Å². The zero-order valence-electron chi connectivity index (χ0n) is 35.8. The minimum Gasteiger partial charge on any atom is -0.309 e. The number of hydrogen-bond donors (Lipinski definition) is 0. The second-order valence-corrected chi connectivity index (χ2v) is 17.0. The molecule has 0 aliphatic heterocycles. The van der Waals surface area contributed by atoms with Gasteiger partial charge < -0.3 is 9.13 Å². The number of aryl methyl sites for hydroxylation is 2. The van der Waals surface area contributed by atoms with Crippen molar-refractivity contribution >= 4 is 43.6 Å². The summed E-state index contributed by atoms with van der Waals surface area (Å²) in [5.41, 5.74) is 21.7. The van der Waals surface area contributed by atoms with E-state index in [0.29, 0.717) is 0 Å².